The third-order valence-corrected chi connectivity index (χ3v) is 5.81. The summed E-state index contributed by atoms with van der Waals surface area (Å²) < 4.78 is 41.3. The van der Waals surface area contributed by atoms with Gasteiger partial charge in [0.15, 0.2) is 5.78 Å². The number of carbonyl (C=O) groups excluding carboxylic acids is 1. The fraction of sp³-hybridized carbons (Fsp3) is 0.348. The molecule has 1 aliphatic rings. The van der Waals surface area contributed by atoms with Gasteiger partial charge in [0, 0.05) is 40.8 Å². The van der Waals surface area contributed by atoms with Crippen molar-refractivity contribution in [1.29, 1.82) is 0 Å². The van der Waals surface area contributed by atoms with Crippen LogP contribution in [0, 0.1) is 0 Å². The molecule has 2 aromatic carbocycles. The van der Waals surface area contributed by atoms with Crippen molar-refractivity contribution in [3.63, 3.8) is 0 Å². The molecular weight excluding hydrogens is 377 g/mol. The second kappa shape index (κ2) is 7.67. The van der Waals surface area contributed by atoms with Crippen molar-refractivity contribution >= 4 is 16.7 Å². The molecule has 152 valence electrons. The number of hydrogen-bond acceptors (Lipinski definition) is 2. The van der Waals surface area contributed by atoms with Gasteiger partial charge in [-0.15, -0.1) is 0 Å². The normalized spacial score (nSPS) is 18.3. The van der Waals surface area contributed by atoms with E-state index in [-0.39, 0.29) is 11.3 Å². The van der Waals surface area contributed by atoms with Crippen molar-refractivity contribution < 1.29 is 18.0 Å². The summed E-state index contributed by atoms with van der Waals surface area (Å²) in [5.74, 6) is -0.386. The Bertz CT molecular complexity index is 1040. The fourth-order valence-corrected chi connectivity index (χ4v) is 4.17. The highest BCUT2D eigenvalue weighted by Crippen LogP contribution is 2.31. The molecule has 0 bridgehead atoms. The van der Waals surface area contributed by atoms with Crippen LogP contribution in [0.1, 0.15) is 40.7 Å². The van der Waals surface area contributed by atoms with E-state index in [0.717, 1.165) is 42.5 Å². The van der Waals surface area contributed by atoms with Gasteiger partial charge in [0.1, 0.15) is 0 Å². The van der Waals surface area contributed by atoms with Crippen LogP contribution in [0.15, 0.2) is 54.7 Å². The predicted molar refractivity (Wildman–Crippen MR) is 107 cm³/mol. The number of para-hydroxylation sites is 1. The van der Waals surface area contributed by atoms with Gasteiger partial charge in [-0.2, -0.15) is 13.2 Å². The number of benzene rings is 2. The Morgan fingerprint density at radius 1 is 1.10 bits per heavy atom. The fourth-order valence-electron chi connectivity index (χ4n) is 4.17. The third kappa shape index (κ3) is 3.94. The molecule has 3 aromatic rings. The molecule has 1 atom stereocenters. The molecule has 29 heavy (non-hydrogen) atoms. The molecule has 0 radical (unpaired) electrons. The summed E-state index contributed by atoms with van der Waals surface area (Å²) in [4.78, 5) is 15.5. The van der Waals surface area contributed by atoms with Crippen LogP contribution >= 0.6 is 0 Å². The third-order valence-electron chi connectivity index (χ3n) is 5.81. The smallest absolute Gasteiger partial charge is 0.345 e. The number of piperidine rings is 1. The summed E-state index contributed by atoms with van der Waals surface area (Å²) in [6, 6.07) is 12.6. The van der Waals surface area contributed by atoms with Gasteiger partial charge in [-0.3, -0.25) is 4.79 Å². The molecule has 0 N–H and O–H groups in total. The molecule has 6 heteroatoms. The number of likely N-dealkylation sites (tertiary alicyclic amines) is 1. The van der Waals surface area contributed by atoms with E-state index in [1.54, 1.807) is 6.20 Å². The Balaban J connectivity index is 1.72. The molecule has 1 aromatic heterocycles. The second-order valence-electron chi connectivity index (χ2n) is 7.75. The van der Waals surface area contributed by atoms with Crippen LogP contribution < -0.4 is 0 Å². The summed E-state index contributed by atoms with van der Waals surface area (Å²) in [5.41, 5.74) is 0.619. The first kappa shape index (κ1) is 19.7. The predicted octanol–water partition coefficient (Wildman–Crippen LogP) is 5.38. The lowest BCUT2D eigenvalue weighted by Crippen LogP contribution is -2.39. The number of rotatable bonds is 4. The second-order valence-corrected chi connectivity index (χ2v) is 7.75. The van der Waals surface area contributed by atoms with Gasteiger partial charge in [-0.25, -0.2) is 0 Å². The maximum Gasteiger partial charge on any atom is 0.416 e. The first-order valence-corrected chi connectivity index (χ1v) is 9.84. The molecule has 0 amide bonds. The summed E-state index contributed by atoms with van der Waals surface area (Å²) in [6.45, 7) is 1.81. The summed E-state index contributed by atoms with van der Waals surface area (Å²) in [7, 11) is 2.12. The minimum atomic E-state index is -4.48. The van der Waals surface area contributed by atoms with Gasteiger partial charge in [-0.05, 0) is 44.6 Å². The Kier molecular flexibility index (Phi) is 5.21. The molecule has 1 aliphatic heterocycles. The average Bonchev–Trinajstić information content (AvgIpc) is 3.07. The van der Waals surface area contributed by atoms with Gasteiger partial charge < -0.3 is 9.47 Å². The van der Waals surface area contributed by atoms with Gasteiger partial charge in [0.25, 0.3) is 0 Å². The van der Waals surface area contributed by atoms with E-state index >= 15 is 0 Å². The van der Waals surface area contributed by atoms with Crippen molar-refractivity contribution in [2.75, 3.05) is 13.6 Å². The molecule has 0 saturated carbocycles. The summed E-state index contributed by atoms with van der Waals surface area (Å²) in [6.07, 6.45) is 0.800. The monoisotopic (exact) mass is 400 g/mol. The number of alkyl halides is 3. The molecule has 3 nitrogen and oxygen atoms in total. The van der Waals surface area contributed by atoms with E-state index in [1.165, 1.54) is 25.0 Å². The van der Waals surface area contributed by atoms with E-state index in [1.807, 2.05) is 24.3 Å². The molecule has 1 saturated heterocycles. The average molecular weight is 400 g/mol. The summed E-state index contributed by atoms with van der Waals surface area (Å²) >= 11 is 0. The van der Waals surface area contributed by atoms with Crippen LogP contribution in [-0.2, 0) is 12.7 Å². The lowest BCUT2D eigenvalue weighted by atomic mass is 10.0. The van der Waals surface area contributed by atoms with E-state index < -0.39 is 11.7 Å². The summed E-state index contributed by atoms with van der Waals surface area (Å²) in [5, 5.41) is 0.772. The quantitative estimate of drug-likeness (QED) is 0.550. The van der Waals surface area contributed by atoms with Gasteiger partial charge in [-0.1, -0.05) is 36.8 Å². The molecular formula is C23H23F3N2O. The van der Waals surface area contributed by atoms with Crippen molar-refractivity contribution in [3.05, 3.63) is 71.4 Å². The number of carbonyl (C=O) groups is 1. The van der Waals surface area contributed by atoms with Crippen LogP contribution in [-0.4, -0.2) is 34.9 Å². The molecule has 0 aliphatic carbocycles. The lowest BCUT2D eigenvalue weighted by Gasteiger charge is -2.32. The van der Waals surface area contributed by atoms with Gasteiger partial charge in [0.2, 0.25) is 0 Å². The van der Waals surface area contributed by atoms with E-state index in [0.29, 0.717) is 11.6 Å². The van der Waals surface area contributed by atoms with Crippen LogP contribution in [0.3, 0.4) is 0 Å². The first-order valence-electron chi connectivity index (χ1n) is 9.84. The number of nitrogens with zero attached hydrogens (tertiary/aromatic N) is 2. The van der Waals surface area contributed by atoms with Crippen molar-refractivity contribution in [3.8, 4) is 0 Å². The molecule has 1 fully saturated rings. The molecule has 4 rings (SSSR count). The maximum absolute atomic E-state index is 13.1. The molecule has 2 heterocycles. The highest BCUT2D eigenvalue weighted by atomic mass is 19.4. The number of likely N-dealkylation sites (N-methyl/N-ethyl adjacent to an activating group) is 1. The molecule has 0 spiro atoms. The largest absolute Gasteiger partial charge is 0.416 e. The van der Waals surface area contributed by atoms with Crippen LogP contribution in [0.25, 0.3) is 10.9 Å². The zero-order chi connectivity index (χ0) is 20.6. The number of hydrogen-bond donors (Lipinski definition) is 0. The highest BCUT2D eigenvalue weighted by molar-refractivity contribution is 6.16. The Labute approximate surface area is 167 Å². The SMILES string of the molecule is CN1CCCCC1Cn1cc(C(=O)c2cccc(C(F)(F)F)c2)c2ccccc21. The number of aromatic nitrogens is 1. The maximum atomic E-state index is 13.1. The van der Waals surface area contributed by atoms with Crippen LogP contribution in [0.4, 0.5) is 13.2 Å². The van der Waals surface area contributed by atoms with Crippen LogP contribution in [0.5, 0.6) is 0 Å². The standard InChI is InChI=1S/C23H23F3N2O/c1-27-12-5-4-9-18(27)14-28-15-20(19-10-2-3-11-21(19)28)22(29)16-7-6-8-17(13-16)23(24,25)26/h2-3,6-8,10-11,13,15,18H,4-5,9,12,14H2,1H3. The van der Waals surface area contributed by atoms with Gasteiger partial charge in [0.05, 0.1) is 5.56 Å². The van der Waals surface area contributed by atoms with Crippen molar-refractivity contribution in [1.82, 2.24) is 9.47 Å². The zero-order valence-electron chi connectivity index (χ0n) is 16.2. The van der Waals surface area contributed by atoms with E-state index in [2.05, 4.69) is 16.5 Å². The van der Waals surface area contributed by atoms with Gasteiger partial charge >= 0.3 is 6.18 Å². The number of ketones is 1. The van der Waals surface area contributed by atoms with E-state index in [9.17, 15) is 18.0 Å². The molecule has 1 unspecified atom stereocenters. The first-order chi connectivity index (χ1) is 13.8. The minimum absolute atomic E-state index is 0.0533. The van der Waals surface area contributed by atoms with Crippen LogP contribution in [0.2, 0.25) is 0 Å². The Morgan fingerprint density at radius 3 is 2.66 bits per heavy atom. The Morgan fingerprint density at radius 2 is 1.90 bits per heavy atom. The lowest BCUT2D eigenvalue weighted by molar-refractivity contribution is -0.137. The van der Waals surface area contributed by atoms with Crippen molar-refractivity contribution in [2.24, 2.45) is 0 Å². The minimum Gasteiger partial charge on any atom is -0.345 e. The Hall–Kier alpha value is -2.60. The zero-order valence-corrected chi connectivity index (χ0v) is 16.2. The van der Waals surface area contributed by atoms with Crippen molar-refractivity contribution in [2.45, 2.75) is 38.0 Å². The number of fused-ring (bicyclic) bond motifs is 1. The topological polar surface area (TPSA) is 25.2 Å². The van der Waals surface area contributed by atoms with E-state index in [4.69, 9.17) is 0 Å². The highest BCUT2D eigenvalue weighted by Gasteiger charge is 2.31. The number of halogens is 3.